The second kappa shape index (κ2) is 6.76. The highest BCUT2D eigenvalue weighted by atomic mass is 16.5. The summed E-state index contributed by atoms with van der Waals surface area (Å²) in [6.07, 6.45) is 0.997. The van der Waals surface area contributed by atoms with Crippen LogP contribution in [0.5, 0.6) is 5.75 Å². The van der Waals surface area contributed by atoms with Crippen molar-refractivity contribution in [1.29, 1.82) is 0 Å². The second-order valence-electron chi connectivity index (χ2n) is 5.27. The Labute approximate surface area is 111 Å². The van der Waals surface area contributed by atoms with Gasteiger partial charge in [0.15, 0.2) is 0 Å². The molecule has 1 rings (SSSR count). The van der Waals surface area contributed by atoms with Crippen LogP contribution in [0.4, 0.5) is 0 Å². The summed E-state index contributed by atoms with van der Waals surface area (Å²) in [5.74, 6) is 0.982. The third-order valence-electron chi connectivity index (χ3n) is 3.12. The van der Waals surface area contributed by atoms with Crippen LogP contribution in [-0.2, 0) is 13.0 Å². The Morgan fingerprint density at radius 3 is 2.56 bits per heavy atom. The summed E-state index contributed by atoms with van der Waals surface area (Å²) in [4.78, 5) is 0. The zero-order valence-electron chi connectivity index (χ0n) is 12.3. The van der Waals surface area contributed by atoms with E-state index in [9.17, 15) is 0 Å². The highest BCUT2D eigenvalue weighted by Crippen LogP contribution is 2.20. The molecule has 0 fully saturated rings. The Balaban J connectivity index is 2.68. The minimum atomic E-state index is 0.0983. The summed E-state index contributed by atoms with van der Waals surface area (Å²) in [6, 6.07) is 6.41. The molecule has 0 saturated carbocycles. The first kappa shape index (κ1) is 15.0. The molecule has 102 valence electrons. The Hall–Kier alpha value is -1.06. The van der Waals surface area contributed by atoms with Crippen LogP contribution in [0.2, 0.25) is 0 Å². The lowest BCUT2D eigenvalue weighted by Crippen LogP contribution is -2.46. The summed E-state index contributed by atoms with van der Waals surface area (Å²) in [7, 11) is 3.70. The summed E-state index contributed by atoms with van der Waals surface area (Å²) in [5.41, 5.74) is 2.67. The van der Waals surface area contributed by atoms with Gasteiger partial charge >= 0.3 is 0 Å². The van der Waals surface area contributed by atoms with Crippen LogP contribution in [0.1, 0.15) is 31.9 Å². The third-order valence-corrected chi connectivity index (χ3v) is 3.12. The van der Waals surface area contributed by atoms with Gasteiger partial charge in [-0.2, -0.15) is 0 Å². The van der Waals surface area contributed by atoms with Crippen molar-refractivity contribution in [2.75, 3.05) is 20.7 Å². The Kier molecular flexibility index (Phi) is 5.63. The molecule has 2 N–H and O–H groups in total. The van der Waals surface area contributed by atoms with Crippen LogP contribution in [0.25, 0.3) is 0 Å². The number of likely N-dealkylation sites (N-methyl/N-ethyl adjacent to an activating group) is 1. The zero-order chi connectivity index (χ0) is 13.6. The van der Waals surface area contributed by atoms with Crippen LogP contribution in [0.3, 0.4) is 0 Å². The Morgan fingerprint density at radius 2 is 2.00 bits per heavy atom. The van der Waals surface area contributed by atoms with E-state index in [-0.39, 0.29) is 5.54 Å². The minimum Gasteiger partial charge on any atom is -0.496 e. The first-order valence-corrected chi connectivity index (χ1v) is 6.58. The van der Waals surface area contributed by atoms with Crippen molar-refractivity contribution in [2.45, 2.75) is 39.3 Å². The molecular weight excluding hydrogens is 224 g/mol. The number of benzene rings is 1. The molecule has 0 heterocycles. The number of methoxy groups -OCH3 is 1. The molecule has 0 amide bonds. The largest absolute Gasteiger partial charge is 0.496 e. The molecular formula is C15H26N2O. The van der Waals surface area contributed by atoms with Gasteiger partial charge in [-0.3, -0.25) is 0 Å². The summed E-state index contributed by atoms with van der Waals surface area (Å²) >= 11 is 0. The molecule has 1 aromatic rings. The zero-order valence-corrected chi connectivity index (χ0v) is 12.3. The third kappa shape index (κ3) is 4.31. The fourth-order valence-corrected chi connectivity index (χ4v) is 2.06. The fraction of sp³-hybridized carbons (Fsp3) is 0.600. The van der Waals surface area contributed by atoms with Gasteiger partial charge in [0.05, 0.1) is 7.11 Å². The maximum absolute atomic E-state index is 5.34. The second-order valence-corrected chi connectivity index (χ2v) is 5.27. The molecule has 0 bridgehead atoms. The van der Waals surface area contributed by atoms with Gasteiger partial charge in [-0.1, -0.05) is 19.1 Å². The smallest absolute Gasteiger partial charge is 0.122 e. The SMILES string of the molecule is CCc1cc(CNC(C)(C)CNC)ccc1OC. The first-order chi connectivity index (χ1) is 8.52. The molecule has 18 heavy (non-hydrogen) atoms. The number of hydrogen-bond donors (Lipinski definition) is 2. The van der Waals surface area contributed by atoms with E-state index in [4.69, 9.17) is 4.74 Å². The van der Waals surface area contributed by atoms with Crippen molar-refractivity contribution < 1.29 is 4.74 Å². The molecule has 0 unspecified atom stereocenters. The minimum absolute atomic E-state index is 0.0983. The molecule has 0 radical (unpaired) electrons. The van der Waals surface area contributed by atoms with Gasteiger partial charge in [0, 0.05) is 18.6 Å². The van der Waals surface area contributed by atoms with E-state index in [1.165, 1.54) is 11.1 Å². The first-order valence-electron chi connectivity index (χ1n) is 6.58. The highest BCUT2D eigenvalue weighted by molar-refractivity contribution is 5.37. The van der Waals surface area contributed by atoms with Crippen molar-refractivity contribution in [3.05, 3.63) is 29.3 Å². The Bertz CT molecular complexity index is 375. The molecule has 0 aliphatic heterocycles. The highest BCUT2D eigenvalue weighted by Gasteiger charge is 2.15. The Morgan fingerprint density at radius 1 is 1.28 bits per heavy atom. The van der Waals surface area contributed by atoms with E-state index in [0.717, 1.165) is 25.3 Å². The maximum Gasteiger partial charge on any atom is 0.122 e. The molecule has 0 atom stereocenters. The number of nitrogens with one attached hydrogen (secondary N) is 2. The van der Waals surface area contributed by atoms with Crippen LogP contribution < -0.4 is 15.4 Å². The van der Waals surface area contributed by atoms with Crippen LogP contribution >= 0.6 is 0 Å². The van der Waals surface area contributed by atoms with Gasteiger partial charge in [-0.15, -0.1) is 0 Å². The standard InChI is InChI=1S/C15H26N2O/c1-6-13-9-12(7-8-14(13)18-5)10-17-15(2,3)11-16-4/h7-9,16-17H,6,10-11H2,1-5H3. The molecule has 0 aliphatic carbocycles. The monoisotopic (exact) mass is 250 g/mol. The molecule has 1 aromatic carbocycles. The van der Waals surface area contributed by atoms with Gasteiger partial charge < -0.3 is 15.4 Å². The van der Waals surface area contributed by atoms with Gasteiger partial charge in [-0.25, -0.2) is 0 Å². The van der Waals surface area contributed by atoms with Gasteiger partial charge in [0.1, 0.15) is 5.75 Å². The van der Waals surface area contributed by atoms with Crippen LogP contribution in [0, 0.1) is 0 Å². The van der Waals surface area contributed by atoms with E-state index >= 15 is 0 Å². The average molecular weight is 250 g/mol. The van der Waals surface area contributed by atoms with Crippen molar-refractivity contribution >= 4 is 0 Å². The van der Waals surface area contributed by atoms with Crippen molar-refractivity contribution in [3.8, 4) is 5.75 Å². The fourth-order valence-electron chi connectivity index (χ4n) is 2.06. The van der Waals surface area contributed by atoms with Crippen molar-refractivity contribution in [2.24, 2.45) is 0 Å². The summed E-state index contributed by atoms with van der Waals surface area (Å²) in [6.45, 7) is 8.39. The van der Waals surface area contributed by atoms with Crippen LogP contribution in [0.15, 0.2) is 18.2 Å². The molecule has 3 nitrogen and oxygen atoms in total. The number of aryl methyl sites for hydroxylation is 1. The predicted octanol–water partition coefficient (Wildman–Crippen LogP) is 2.35. The topological polar surface area (TPSA) is 33.3 Å². The number of hydrogen-bond acceptors (Lipinski definition) is 3. The predicted molar refractivity (Wildman–Crippen MR) is 77.2 cm³/mol. The molecule has 0 spiro atoms. The van der Waals surface area contributed by atoms with Gasteiger partial charge in [-0.05, 0) is 44.5 Å². The lowest BCUT2D eigenvalue weighted by Gasteiger charge is -2.26. The normalized spacial score (nSPS) is 11.6. The lowest BCUT2D eigenvalue weighted by molar-refractivity contribution is 0.373. The molecule has 0 saturated heterocycles. The van der Waals surface area contributed by atoms with Crippen LogP contribution in [-0.4, -0.2) is 26.2 Å². The molecule has 0 aliphatic rings. The molecule has 0 aromatic heterocycles. The van der Waals surface area contributed by atoms with E-state index < -0.39 is 0 Å². The van der Waals surface area contributed by atoms with Crippen molar-refractivity contribution in [3.63, 3.8) is 0 Å². The molecule has 3 heteroatoms. The number of rotatable bonds is 7. The van der Waals surface area contributed by atoms with Gasteiger partial charge in [0.2, 0.25) is 0 Å². The van der Waals surface area contributed by atoms with E-state index in [2.05, 4.69) is 49.6 Å². The number of ether oxygens (including phenoxy) is 1. The van der Waals surface area contributed by atoms with Crippen molar-refractivity contribution in [1.82, 2.24) is 10.6 Å². The lowest BCUT2D eigenvalue weighted by atomic mass is 10.0. The summed E-state index contributed by atoms with van der Waals surface area (Å²) < 4.78 is 5.34. The summed E-state index contributed by atoms with van der Waals surface area (Å²) in [5, 5.41) is 6.76. The quantitative estimate of drug-likeness (QED) is 0.779. The van der Waals surface area contributed by atoms with E-state index in [0.29, 0.717) is 0 Å². The van der Waals surface area contributed by atoms with Gasteiger partial charge in [0.25, 0.3) is 0 Å². The van der Waals surface area contributed by atoms with E-state index in [1.807, 2.05) is 7.05 Å². The van der Waals surface area contributed by atoms with E-state index in [1.54, 1.807) is 7.11 Å². The maximum atomic E-state index is 5.34. The average Bonchev–Trinajstić information content (AvgIpc) is 2.36.